The van der Waals surface area contributed by atoms with E-state index in [2.05, 4.69) is 39.1 Å². The molecule has 16 atom stereocenters. The number of methoxy groups -OCH3 is 4. The number of Topliss-reactive ketones (excluding diaryl/α,β-unsaturated/α-hetero) is 1. The summed E-state index contributed by atoms with van der Waals surface area (Å²) in [5.74, 6) is -9.22. The molecule has 8 N–H and O–H groups in total. The summed E-state index contributed by atoms with van der Waals surface area (Å²) in [6.07, 6.45) is -6.40. The van der Waals surface area contributed by atoms with Crippen molar-refractivity contribution in [3.63, 3.8) is 0 Å². The van der Waals surface area contributed by atoms with Crippen LogP contribution < -0.4 is 19.7 Å². The van der Waals surface area contributed by atoms with Crippen LogP contribution in [-0.2, 0) is 80.9 Å². The Hall–Kier alpha value is -9.01. The fourth-order valence-corrected chi connectivity index (χ4v) is 20.1. The number of piperidine rings is 1. The van der Waals surface area contributed by atoms with Crippen LogP contribution >= 0.6 is 0 Å². The Kier molecular flexibility index (Phi) is 21.0. The number of fused-ring (bicyclic) bond motifs is 9. The Morgan fingerprint density at radius 1 is 0.818 bits per heavy atom. The molecule has 30 heteroatoms. The minimum Gasteiger partial charge on any atom is -0.507 e. The van der Waals surface area contributed by atoms with Crippen LogP contribution in [0, 0.1) is 11.3 Å². The first-order chi connectivity index (χ1) is 52.1. The van der Waals surface area contributed by atoms with Gasteiger partial charge >= 0.3 is 36.0 Å². The van der Waals surface area contributed by atoms with E-state index in [4.69, 9.17) is 37.9 Å². The second kappa shape index (κ2) is 29.3. The number of hydrogen-bond acceptors (Lipinski definition) is 25. The number of benzene rings is 4. The van der Waals surface area contributed by atoms with Gasteiger partial charge in [-0.2, -0.15) is 13.2 Å². The molecular weight excluding hydrogens is 1440 g/mol. The first-order valence-electron chi connectivity index (χ1n) is 37.3. The topological polar surface area (TPSA) is 369 Å². The molecule has 1 aromatic heterocycles. The number of anilines is 1. The highest BCUT2D eigenvalue weighted by Gasteiger charge is 2.80. The van der Waals surface area contributed by atoms with Crippen LogP contribution in [0.5, 0.6) is 23.0 Å². The summed E-state index contributed by atoms with van der Waals surface area (Å²) in [5, 5.41) is 73.6. The molecule has 9 aliphatic rings. The number of phenolic OH excluding ortho intramolecular Hbond substituents is 2. The number of likely N-dealkylation sites (N-methyl/N-ethyl adjacent to an activating group) is 1. The zero-order chi connectivity index (χ0) is 79.4. The quantitative estimate of drug-likeness (QED) is 0.0210. The third-order valence-corrected chi connectivity index (χ3v) is 24.9. The SMILES string of the molecule is CCCCC(=O)OCC(=O)[C@]1(O)Cc2c(O)c3c(c(O)c2[C@@H](O[C@H]2C[C@H](NC(=O)C(F)(F)F)[C@H](O)[C@H](C)O2)C1)C(=O)c1c(OC)cccc1C3=O.CC[C@]1(O)C[C@@H]2C[N@@](CCc3c([nH]c4ccccc34)[C@@](C(=O)OC)(c3cc4c(cc3OC)N(C)[C@H]3[C@@](O)(C(=O)OC)[C@H](OC(C)=O)[C@]5(CC)C=CCN6CC[C@]43[C@@H]65)C2)C1. The number of ether oxygens (including phenoxy) is 8. The second-order valence-electron chi connectivity index (χ2n) is 30.9. The molecule has 0 unspecified atom stereocenters. The lowest BCUT2D eigenvalue weighted by atomic mass is 9.47. The number of halogens is 3. The van der Waals surface area contributed by atoms with E-state index in [1.165, 1.54) is 53.4 Å². The molecule has 4 fully saturated rings. The number of phenols is 2. The number of unbranched alkanes of at least 4 members (excludes halogenated alkanes) is 1. The van der Waals surface area contributed by atoms with Gasteiger partial charge in [-0.05, 0) is 93.7 Å². The molecule has 2 bridgehead atoms. The summed E-state index contributed by atoms with van der Waals surface area (Å²) in [6, 6.07) is 13.5. The number of aliphatic hydroxyl groups is 4. The highest BCUT2D eigenvalue weighted by Crippen LogP contribution is 2.69. The summed E-state index contributed by atoms with van der Waals surface area (Å²) in [6.45, 7) is 10.8. The number of aromatic nitrogens is 1. The lowest BCUT2D eigenvalue weighted by molar-refractivity contribution is -0.250. The fourth-order valence-electron chi connectivity index (χ4n) is 20.1. The summed E-state index contributed by atoms with van der Waals surface area (Å²) in [5.41, 5.74) is -6.47. The summed E-state index contributed by atoms with van der Waals surface area (Å²) in [4.78, 5) is 118. The predicted molar refractivity (Wildman–Crippen MR) is 386 cm³/mol. The lowest BCUT2D eigenvalue weighted by Gasteiger charge is -2.63. The van der Waals surface area contributed by atoms with Crippen molar-refractivity contribution in [2.45, 2.75) is 194 Å². The number of nitrogens with zero attached hydrogens (tertiary/aromatic N) is 3. The largest absolute Gasteiger partial charge is 0.507 e. The van der Waals surface area contributed by atoms with Crippen molar-refractivity contribution in [1.29, 1.82) is 0 Å². The Balaban J connectivity index is 0.000000196. The number of H-pyrrole nitrogens is 1. The number of esters is 4. The highest BCUT2D eigenvalue weighted by molar-refractivity contribution is 6.31. The molecule has 592 valence electrons. The van der Waals surface area contributed by atoms with Gasteiger partial charge in [0.15, 0.2) is 24.8 Å². The van der Waals surface area contributed by atoms with Gasteiger partial charge in [0.1, 0.15) is 40.1 Å². The molecule has 6 aliphatic heterocycles. The minimum absolute atomic E-state index is 0.00489. The van der Waals surface area contributed by atoms with Gasteiger partial charge in [0, 0.05) is 133 Å². The molecular formula is C80H94F3N5O22. The number of aromatic amines is 1. The number of carbonyl (C=O) groups excluding carboxylic acids is 8. The van der Waals surface area contributed by atoms with Crippen molar-refractivity contribution in [3.8, 4) is 23.0 Å². The average Bonchev–Trinajstić information content (AvgIpc) is 1.46. The van der Waals surface area contributed by atoms with E-state index >= 15 is 4.79 Å². The average molecular weight is 1530 g/mol. The third-order valence-electron chi connectivity index (χ3n) is 24.9. The van der Waals surface area contributed by atoms with Gasteiger partial charge in [-0.1, -0.05) is 69.7 Å². The predicted octanol–water partition coefficient (Wildman–Crippen LogP) is 6.45. The fraction of sp³-hybridized carbons (Fsp3) is 0.550. The van der Waals surface area contributed by atoms with E-state index in [1.807, 2.05) is 57.0 Å². The van der Waals surface area contributed by atoms with Crippen molar-refractivity contribution >= 4 is 63.7 Å². The molecule has 0 radical (unpaired) electrons. The standard InChI is InChI=1S/C46H58N4O9.C34H36F3NO13/c1-8-42(54)23-28-24-45(40(52)57-6,36-30(15-19-49(25-28)26-42)29-13-10-11-14-33(29)47-36)32-21-31-34(22-35(32)56-5)48(4)38-44(31)17-20-50-18-12-16-43(9-2,37(44)50)39(59-27(3)51)46(38,55)41(53)58-7;1-4-5-9-21(40)49-13-20(39)33(47)11-16-24(19(12-33)51-22-10-17(27(41)14(2)50-22)38-32(46)34(35,36)37)31(45)26-25(29(16)43)28(42)15-7-6-8-18(48-3)23(15)30(26)44/h10-14,16,21-22,28,37-39,47,54-55H,8-9,15,17-20,23-26H2,1-7H3;6-8,14,17,19,22,27,41,43,45,47H,4-5,9-13H2,1-3H3,(H,38,46)/t28-,37-,38+,39+,42-,43+,44+,45-,46-;14-,17-,19-,22-,27+,33-/m00/s1. The Morgan fingerprint density at radius 3 is 2.21 bits per heavy atom. The number of nitrogens with one attached hydrogen (secondary N) is 2. The number of para-hydroxylation sites is 1. The van der Waals surface area contributed by atoms with E-state index in [0.29, 0.717) is 95.4 Å². The number of alkyl halides is 3. The molecule has 3 saturated heterocycles. The van der Waals surface area contributed by atoms with Gasteiger partial charge in [0.2, 0.25) is 17.2 Å². The van der Waals surface area contributed by atoms with Gasteiger partial charge in [0.05, 0.1) is 75.0 Å². The Labute approximate surface area is 632 Å². The molecule has 4 aromatic carbocycles. The maximum absolute atomic E-state index is 15.3. The molecule has 7 heterocycles. The van der Waals surface area contributed by atoms with Crippen LogP contribution in [0.25, 0.3) is 10.9 Å². The van der Waals surface area contributed by atoms with Crippen LogP contribution in [0.2, 0.25) is 0 Å². The third kappa shape index (κ3) is 12.5. The Bertz CT molecular complexity index is 4600. The van der Waals surface area contributed by atoms with Crippen LogP contribution in [-0.4, -0.2) is 233 Å². The summed E-state index contributed by atoms with van der Waals surface area (Å²) < 4.78 is 85.1. The van der Waals surface area contributed by atoms with Crippen LogP contribution in [0.1, 0.15) is 170 Å². The number of aromatic hydroxyl groups is 2. The molecule has 110 heavy (non-hydrogen) atoms. The highest BCUT2D eigenvalue weighted by atomic mass is 19.4. The number of rotatable bonds is 17. The number of hydrogen-bond donors (Lipinski definition) is 8. The molecule has 1 saturated carbocycles. The maximum atomic E-state index is 15.3. The maximum Gasteiger partial charge on any atom is 0.471 e. The van der Waals surface area contributed by atoms with E-state index < -0.39 is 178 Å². The first kappa shape index (κ1) is 79.1. The van der Waals surface area contributed by atoms with E-state index in [0.717, 1.165) is 33.4 Å². The van der Waals surface area contributed by atoms with Crippen LogP contribution in [0.4, 0.5) is 18.9 Å². The number of aliphatic hydroxyl groups excluding tert-OH is 1. The van der Waals surface area contributed by atoms with E-state index in [9.17, 15) is 77.4 Å². The first-order valence-corrected chi connectivity index (χ1v) is 37.3. The molecule has 1 spiro atoms. The monoisotopic (exact) mass is 1530 g/mol. The molecule has 1 amide bonds. The minimum atomic E-state index is -5.29. The second-order valence-corrected chi connectivity index (χ2v) is 30.9. The van der Waals surface area contributed by atoms with Crippen molar-refractivity contribution < 1.29 is 120 Å². The van der Waals surface area contributed by atoms with Gasteiger partial charge in [-0.15, -0.1) is 0 Å². The van der Waals surface area contributed by atoms with Crippen LogP contribution in [0.15, 0.2) is 66.7 Å². The van der Waals surface area contributed by atoms with Crippen molar-refractivity contribution in [1.82, 2.24) is 20.1 Å². The normalized spacial score (nSPS) is 31.7. The molecule has 14 rings (SSSR count). The number of ketones is 3. The van der Waals surface area contributed by atoms with Crippen molar-refractivity contribution in [2.24, 2.45) is 11.3 Å². The lowest BCUT2D eigenvalue weighted by Crippen LogP contribution is -2.81. The van der Waals surface area contributed by atoms with Gasteiger partial charge in [-0.25, -0.2) is 4.79 Å². The molecule has 5 aromatic rings. The number of amides is 1. The van der Waals surface area contributed by atoms with Crippen LogP contribution in [0.3, 0.4) is 0 Å². The summed E-state index contributed by atoms with van der Waals surface area (Å²) in [7, 11) is 7.41. The van der Waals surface area contributed by atoms with Gasteiger partial charge < -0.3 is 83.7 Å². The van der Waals surface area contributed by atoms with Crippen molar-refractivity contribution in [2.75, 3.05) is 79.7 Å². The van der Waals surface area contributed by atoms with E-state index in [-0.39, 0.29) is 46.4 Å². The molecule has 27 nitrogen and oxygen atoms in total. The zero-order valence-corrected chi connectivity index (χ0v) is 63.0. The number of carbonyl (C=O) groups is 8. The Morgan fingerprint density at radius 2 is 1.54 bits per heavy atom. The zero-order valence-electron chi connectivity index (χ0n) is 63.0. The van der Waals surface area contributed by atoms with E-state index in [1.54, 1.807) is 12.4 Å². The molecule has 3 aliphatic carbocycles. The van der Waals surface area contributed by atoms with Crippen molar-refractivity contribution in [3.05, 3.63) is 123 Å². The van der Waals surface area contributed by atoms with Gasteiger partial charge in [-0.3, -0.25) is 43.4 Å². The summed E-state index contributed by atoms with van der Waals surface area (Å²) >= 11 is 0. The van der Waals surface area contributed by atoms with Gasteiger partial charge in [0.25, 0.3) is 0 Å². The smallest absolute Gasteiger partial charge is 0.471 e.